The summed E-state index contributed by atoms with van der Waals surface area (Å²) in [4.78, 5) is 24.9. The summed E-state index contributed by atoms with van der Waals surface area (Å²) >= 11 is 20.3. The zero-order chi connectivity index (χ0) is 24.8. The number of halogens is 6. The van der Waals surface area contributed by atoms with Crippen LogP contribution in [0.25, 0.3) is 0 Å². The lowest BCUT2D eigenvalue weighted by atomic mass is 10.2. The summed E-state index contributed by atoms with van der Waals surface area (Å²) in [6, 6.07) is 14.0. The number of nitrogens with one attached hydrogen (secondary N) is 1. The van der Waals surface area contributed by atoms with Crippen LogP contribution in [0, 0.1) is 0 Å². The van der Waals surface area contributed by atoms with E-state index in [1.165, 1.54) is 6.21 Å². The Morgan fingerprint density at radius 2 is 1.41 bits per heavy atom. The maximum atomic E-state index is 12.7. The molecule has 3 aromatic carbocycles. The van der Waals surface area contributed by atoms with Crippen molar-refractivity contribution in [3.05, 3.63) is 86.5 Å². The topological polar surface area (TPSA) is 77.0 Å². The average Bonchev–Trinajstić information content (AvgIpc) is 2.75. The number of rotatable bonds is 7. The normalized spacial score (nSPS) is 10.9. The number of carbonyl (C=O) groups is 2. The Hall–Kier alpha value is -1.05. The summed E-state index contributed by atoms with van der Waals surface area (Å²) in [6.07, 6.45) is 1.38. The lowest BCUT2D eigenvalue weighted by molar-refractivity contribution is -0.123. The Labute approximate surface area is 245 Å². The summed E-state index contributed by atoms with van der Waals surface area (Å²) in [5, 5.41) is 3.98. The molecule has 6 nitrogen and oxygen atoms in total. The highest BCUT2D eigenvalue weighted by molar-refractivity contribution is 9.12. The zero-order valence-electron chi connectivity index (χ0n) is 16.8. The second-order valence-corrected chi connectivity index (χ2v) is 11.7. The molecule has 0 atom stereocenters. The lowest BCUT2D eigenvalue weighted by Crippen LogP contribution is -2.24. The molecule has 12 heteroatoms. The predicted octanol–water partition coefficient (Wildman–Crippen LogP) is 8.01. The van der Waals surface area contributed by atoms with E-state index >= 15 is 0 Å². The molecule has 3 aromatic rings. The van der Waals surface area contributed by atoms with Gasteiger partial charge in [0.1, 0.15) is 5.75 Å². The van der Waals surface area contributed by atoms with Crippen LogP contribution in [-0.4, -0.2) is 24.7 Å². The number of hydrogen-bond acceptors (Lipinski definition) is 5. The number of amides is 1. The molecule has 0 bridgehead atoms. The van der Waals surface area contributed by atoms with E-state index in [1.807, 2.05) is 0 Å². The standard InChI is InChI=1S/C22H12Br6N2O4/c23-12-5-11(20(16(26)6-12)34-22(32)14-3-1-2-4-15(14)25)9-29-30-19(31)10-33-21-17(27)7-13(24)8-18(21)28/h1-9H,10H2,(H,30,31)/b29-9-. The van der Waals surface area contributed by atoms with E-state index in [0.29, 0.717) is 34.8 Å². The van der Waals surface area contributed by atoms with Crippen LogP contribution in [0.4, 0.5) is 0 Å². The van der Waals surface area contributed by atoms with Gasteiger partial charge in [0.05, 0.1) is 25.2 Å². The van der Waals surface area contributed by atoms with Crippen molar-refractivity contribution in [2.45, 2.75) is 0 Å². The maximum Gasteiger partial charge on any atom is 0.344 e. The van der Waals surface area contributed by atoms with Crippen LogP contribution in [0.2, 0.25) is 0 Å². The highest BCUT2D eigenvalue weighted by Gasteiger charge is 2.17. The molecule has 0 aliphatic carbocycles. The Kier molecular flexibility index (Phi) is 10.3. The third-order valence-electron chi connectivity index (χ3n) is 4.03. The molecule has 1 N–H and O–H groups in total. The highest BCUT2D eigenvalue weighted by atomic mass is 79.9. The van der Waals surface area contributed by atoms with Gasteiger partial charge in [0.2, 0.25) is 0 Å². The van der Waals surface area contributed by atoms with Gasteiger partial charge >= 0.3 is 5.97 Å². The minimum atomic E-state index is -0.548. The summed E-state index contributed by atoms with van der Waals surface area (Å²) in [5.74, 6) is -0.285. The fraction of sp³-hybridized carbons (Fsp3) is 0.0455. The Morgan fingerprint density at radius 1 is 0.824 bits per heavy atom. The van der Waals surface area contributed by atoms with Crippen LogP contribution in [0.1, 0.15) is 15.9 Å². The van der Waals surface area contributed by atoms with Gasteiger partial charge < -0.3 is 9.47 Å². The van der Waals surface area contributed by atoms with Crippen molar-refractivity contribution in [1.29, 1.82) is 0 Å². The minimum absolute atomic E-state index is 0.251. The molecule has 0 heterocycles. The summed E-state index contributed by atoms with van der Waals surface area (Å²) in [5.41, 5.74) is 3.23. The monoisotopic (exact) mass is 842 g/mol. The number of hydrazone groups is 1. The number of ether oxygens (including phenoxy) is 2. The first-order valence-electron chi connectivity index (χ1n) is 9.20. The molecule has 1 amide bonds. The molecule has 3 rings (SSSR count). The van der Waals surface area contributed by atoms with Crippen molar-refractivity contribution in [3.63, 3.8) is 0 Å². The van der Waals surface area contributed by atoms with Gasteiger partial charge in [-0.1, -0.05) is 44.0 Å². The van der Waals surface area contributed by atoms with Crippen LogP contribution >= 0.6 is 95.6 Å². The number of hydrogen-bond donors (Lipinski definition) is 1. The maximum absolute atomic E-state index is 12.7. The van der Waals surface area contributed by atoms with Gasteiger partial charge in [-0.15, -0.1) is 0 Å². The molecule has 176 valence electrons. The molecular weight excluding hydrogens is 836 g/mol. The molecule has 0 aliphatic heterocycles. The SMILES string of the molecule is O=C(COc1c(Br)cc(Br)cc1Br)N/N=C\c1cc(Br)cc(Br)c1OC(=O)c1ccccc1Br. The van der Waals surface area contributed by atoms with Crippen molar-refractivity contribution < 1.29 is 19.1 Å². The van der Waals surface area contributed by atoms with Crippen molar-refractivity contribution in [1.82, 2.24) is 5.43 Å². The van der Waals surface area contributed by atoms with Gasteiger partial charge in [0, 0.05) is 19.0 Å². The molecule has 0 aliphatic rings. The van der Waals surface area contributed by atoms with Crippen LogP contribution in [0.15, 0.2) is 80.5 Å². The zero-order valence-corrected chi connectivity index (χ0v) is 26.3. The lowest BCUT2D eigenvalue weighted by Gasteiger charge is -2.11. The summed E-state index contributed by atoms with van der Waals surface area (Å²) in [6.45, 7) is -0.262. The molecule has 0 aromatic heterocycles. The van der Waals surface area contributed by atoms with Crippen LogP contribution < -0.4 is 14.9 Å². The highest BCUT2D eigenvalue weighted by Crippen LogP contribution is 2.36. The van der Waals surface area contributed by atoms with Gasteiger partial charge in [-0.2, -0.15) is 5.10 Å². The molecular formula is C22H12Br6N2O4. The van der Waals surface area contributed by atoms with E-state index in [2.05, 4.69) is 106 Å². The summed E-state index contributed by atoms with van der Waals surface area (Å²) in [7, 11) is 0. The summed E-state index contributed by atoms with van der Waals surface area (Å²) < 4.78 is 15.3. The van der Waals surface area contributed by atoms with Crippen molar-refractivity contribution in [3.8, 4) is 11.5 Å². The van der Waals surface area contributed by atoms with E-state index < -0.39 is 11.9 Å². The van der Waals surface area contributed by atoms with E-state index in [-0.39, 0.29) is 12.4 Å². The molecule has 0 fully saturated rings. The van der Waals surface area contributed by atoms with E-state index in [1.54, 1.807) is 48.5 Å². The smallest absolute Gasteiger partial charge is 0.344 e. The second-order valence-electron chi connectivity index (χ2n) is 6.46. The minimum Gasteiger partial charge on any atom is -0.481 e. The second kappa shape index (κ2) is 12.8. The van der Waals surface area contributed by atoms with Crippen LogP contribution in [-0.2, 0) is 4.79 Å². The number of esters is 1. The number of benzene rings is 3. The molecule has 0 saturated heterocycles. The largest absolute Gasteiger partial charge is 0.481 e. The Bertz CT molecular complexity index is 1260. The fourth-order valence-corrected chi connectivity index (χ4v) is 6.84. The van der Waals surface area contributed by atoms with E-state index in [4.69, 9.17) is 9.47 Å². The van der Waals surface area contributed by atoms with Crippen molar-refractivity contribution in [2.24, 2.45) is 5.10 Å². The molecule has 0 radical (unpaired) electrons. The first-order valence-corrected chi connectivity index (χ1v) is 14.0. The van der Waals surface area contributed by atoms with E-state index in [9.17, 15) is 9.59 Å². The van der Waals surface area contributed by atoms with Gasteiger partial charge in [-0.3, -0.25) is 4.79 Å². The first kappa shape index (κ1) is 27.5. The van der Waals surface area contributed by atoms with Gasteiger partial charge in [-0.25, -0.2) is 10.2 Å². The first-order chi connectivity index (χ1) is 16.2. The van der Waals surface area contributed by atoms with Crippen LogP contribution in [0.3, 0.4) is 0 Å². The molecule has 0 unspecified atom stereocenters. The molecule has 34 heavy (non-hydrogen) atoms. The number of nitrogens with zero attached hydrogens (tertiary/aromatic N) is 1. The Balaban J connectivity index is 1.70. The Morgan fingerprint density at radius 3 is 2.06 bits per heavy atom. The van der Waals surface area contributed by atoms with Crippen LogP contribution in [0.5, 0.6) is 11.5 Å². The average molecular weight is 848 g/mol. The third kappa shape index (κ3) is 7.47. The molecule has 0 saturated carbocycles. The van der Waals surface area contributed by atoms with Gasteiger partial charge in [0.25, 0.3) is 5.91 Å². The van der Waals surface area contributed by atoms with Crippen molar-refractivity contribution >= 4 is 114 Å². The number of carbonyl (C=O) groups excluding carboxylic acids is 2. The van der Waals surface area contributed by atoms with E-state index in [0.717, 1.165) is 8.95 Å². The van der Waals surface area contributed by atoms with Gasteiger partial charge in [-0.05, 0) is 100 Å². The quantitative estimate of drug-likeness (QED) is 0.113. The predicted molar refractivity (Wildman–Crippen MR) is 152 cm³/mol. The van der Waals surface area contributed by atoms with Gasteiger partial charge in [0.15, 0.2) is 12.4 Å². The molecule has 0 spiro atoms. The third-order valence-corrected chi connectivity index (χ3v) is 7.40. The fourth-order valence-electron chi connectivity index (χ4n) is 2.57. The van der Waals surface area contributed by atoms with Crippen molar-refractivity contribution in [2.75, 3.05) is 6.61 Å².